The molecule has 1 aliphatic heterocycles. The van der Waals surface area contributed by atoms with Crippen LogP contribution in [0.1, 0.15) is 41.0 Å². The quantitative estimate of drug-likeness (QED) is 0.372. The molecular weight excluding hydrogens is 469 g/mol. The van der Waals surface area contributed by atoms with Gasteiger partial charge in [-0.1, -0.05) is 12.1 Å². The summed E-state index contributed by atoms with van der Waals surface area (Å²) in [6.45, 7) is -0.379. The van der Waals surface area contributed by atoms with Gasteiger partial charge in [-0.3, -0.25) is 4.79 Å². The fraction of sp³-hybridized carbons (Fsp3) is 0.375. The van der Waals surface area contributed by atoms with E-state index in [0.29, 0.717) is 23.8 Å². The SMILES string of the molecule is COC(=O)C1CCC2(C=C(c3cc(C(F)(F)F)ccc3C(F)(F)F)CO2)C1c1ccc(F)cc1. The molecule has 1 aliphatic carbocycles. The molecule has 3 nitrogen and oxygen atoms in total. The summed E-state index contributed by atoms with van der Waals surface area (Å²) in [7, 11) is 1.20. The number of carbonyl (C=O) groups excluding carboxylic acids is 1. The van der Waals surface area contributed by atoms with Crippen molar-refractivity contribution >= 4 is 11.5 Å². The predicted octanol–water partition coefficient (Wildman–Crippen LogP) is 6.38. The largest absolute Gasteiger partial charge is 0.469 e. The molecule has 0 aromatic heterocycles. The molecule has 34 heavy (non-hydrogen) atoms. The van der Waals surface area contributed by atoms with Gasteiger partial charge in [0.05, 0.1) is 36.4 Å². The summed E-state index contributed by atoms with van der Waals surface area (Å²) < 4.78 is 105. The van der Waals surface area contributed by atoms with E-state index >= 15 is 0 Å². The Balaban J connectivity index is 1.84. The fourth-order valence-electron chi connectivity index (χ4n) is 4.94. The van der Waals surface area contributed by atoms with Crippen LogP contribution in [0.15, 0.2) is 48.5 Å². The average molecular weight is 488 g/mol. The number of hydrogen-bond donors (Lipinski definition) is 0. The number of benzene rings is 2. The minimum Gasteiger partial charge on any atom is -0.469 e. The van der Waals surface area contributed by atoms with Gasteiger partial charge in [0.25, 0.3) is 0 Å². The molecule has 1 fully saturated rings. The van der Waals surface area contributed by atoms with Crippen molar-refractivity contribution in [3.05, 3.63) is 76.6 Å². The van der Waals surface area contributed by atoms with Crippen LogP contribution in [0, 0.1) is 11.7 Å². The van der Waals surface area contributed by atoms with Gasteiger partial charge in [0, 0.05) is 5.92 Å². The third-order valence-electron chi connectivity index (χ3n) is 6.42. The van der Waals surface area contributed by atoms with Crippen molar-refractivity contribution in [2.75, 3.05) is 13.7 Å². The van der Waals surface area contributed by atoms with E-state index in [1.807, 2.05) is 0 Å². The number of hydrogen-bond acceptors (Lipinski definition) is 3. The first-order chi connectivity index (χ1) is 15.9. The van der Waals surface area contributed by atoms with E-state index in [2.05, 4.69) is 0 Å². The van der Waals surface area contributed by atoms with Crippen LogP contribution in [0.3, 0.4) is 0 Å². The molecule has 4 rings (SSSR count). The standard InChI is InChI=1S/C24H19F7O3/c1-33-21(32)17-8-9-22(20(17)13-2-5-16(25)6-3-13)11-14(12-34-22)18-10-15(23(26,27)28)4-7-19(18)24(29,30)31/h2-7,10-11,17,20H,8-9,12H2,1H3. The van der Waals surface area contributed by atoms with Gasteiger partial charge in [-0.05, 0) is 65.9 Å². The highest BCUT2D eigenvalue weighted by molar-refractivity contribution is 5.77. The second kappa shape index (κ2) is 8.41. The van der Waals surface area contributed by atoms with E-state index in [-0.39, 0.29) is 25.0 Å². The first kappa shape index (κ1) is 24.3. The first-order valence-electron chi connectivity index (χ1n) is 10.3. The summed E-state index contributed by atoms with van der Waals surface area (Å²) >= 11 is 0. The normalized spacial score (nSPS) is 25.0. The zero-order valence-corrected chi connectivity index (χ0v) is 17.8. The van der Waals surface area contributed by atoms with E-state index in [1.54, 1.807) is 0 Å². The molecule has 0 radical (unpaired) electrons. The number of alkyl halides is 6. The van der Waals surface area contributed by atoms with Crippen LogP contribution < -0.4 is 0 Å². The van der Waals surface area contributed by atoms with Gasteiger partial charge >= 0.3 is 18.3 Å². The molecule has 2 aliphatic rings. The molecule has 182 valence electrons. The minimum atomic E-state index is -4.89. The van der Waals surface area contributed by atoms with Crippen molar-refractivity contribution in [1.82, 2.24) is 0 Å². The second-order valence-corrected chi connectivity index (χ2v) is 8.37. The molecule has 2 aromatic carbocycles. The summed E-state index contributed by atoms with van der Waals surface area (Å²) in [6.07, 6.45) is -7.85. The molecule has 0 bridgehead atoms. The molecule has 1 saturated carbocycles. The maximum Gasteiger partial charge on any atom is 0.416 e. The maximum absolute atomic E-state index is 13.6. The maximum atomic E-state index is 13.6. The Morgan fingerprint density at radius 1 is 1.03 bits per heavy atom. The molecule has 3 unspecified atom stereocenters. The number of halogens is 7. The summed E-state index contributed by atoms with van der Waals surface area (Å²) in [5.41, 5.74) is -3.87. The van der Waals surface area contributed by atoms with Gasteiger partial charge in [0.1, 0.15) is 5.82 Å². The lowest BCUT2D eigenvalue weighted by Gasteiger charge is -2.31. The van der Waals surface area contributed by atoms with Crippen molar-refractivity contribution in [2.45, 2.75) is 36.7 Å². The van der Waals surface area contributed by atoms with Gasteiger partial charge in [0.15, 0.2) is 0 Å². The van der Waals surface area contributed by atoms with E-state index in [9.17, 15) is 35.5 Å². The lowest BCUT2D eigenvalue weighted by Crippen LogP contribution is -2.34. The average Bonchev–Trinajstić information content (AvgIpc) is 3.36. The Bertz CT molecular complexity index is 1120. The van der Waals surface area contributed by atoms with Gasteiger partial charge in [-0.2, -0.15) is 26.3 Å². The zero-order chi connectivity index (χ0) is 24.9. The number of carbonyl (C=O) groups is 1. The Morgan fingerprint density at radius 3 is 2.29 bits per heavy atom. The van der Waals surface area contributed by atoms with E-state index < -0.39 is 58.3 Å². The first-order valence-corrected chi connectivity index (χ1v) is 10.3. The van der Waals surface area contributed by atoms with Gasteiger partial charge in [-0.15, -0.1) is 0 Å². The summed E-state index contributed by atoms with van der Waals surface area (Å²) in [4.78, 5) is 12.5. The number of rotatable bonds is 3. The van der Waals surface area contributed by atoms with Crippen LogP contribution in [0.5, 0.6) is 0 Å². The lowest BCUT2D eigenvalue weighted by molar-refractivity contribution is -0.146. The van der Waals surface area contributed by atoms with Crippen LogP contribution in [-0.2, 0) is 26.6 Å². The van der Waals surface area contributed by atoms with E-state index in [1.165, 1.54) is 37.5 Å². The van der Waals surface area contributed by atoms with Crippen molar-refractivity contribution < 1.29 is 45.0 Å². The molecule has 3 atom stereocenters. The number of esters is 1. The smallest absolute Gasteiger partial charge is 0.416 e. The monoisotopic (exact) mass is 488 g/mol. The van der Waals surface area contributed by atoms with Crippen molar-refractivity contribution in [3.8, 4) is 0 Å². The molecule has 0 saturated heterocycles. The Hall–Kier alpha value is -2.88. The van der Waals surface area contributed by atoms with Gasteiger partial charge < -0.3 is 9.47 Å². The second-order valence-electron chi connectivity index (χ2n) is 8.37. The van der Waals surface area contributed by atoms with Crippen molar-refractivity contribution in [2.24, 2.45) is 5.92 Å². The Labute approximate surface area is 190 Å². The molecule has 1 heterocycles. The number of methoxy groups -OCH3 is 1. The third-order valence-corrected chi connectivity index (χ3v) is 6.42. The topological polar surface area (TPSA) is 35.5 Å². The van der Waals surface area contributed by atoms with Crippen LogP contribution in [0.4, 0.5) is 30.7 Å². The highest BCUT2D eigenvalue weighted by Gasteiger charge is 2.54. The van der Waals surface area contributed by atoms with Crippen LogP contribution >= 0.6 is 0 Å². The molecule has 1 spiro atoms. The van der Waals surface area contributed by atoms with Crippen molar-refractivity contribution in [1.29, 1.82) is 0 Å². The van der Waals surface area contributed by atoms with E-state index in [4.69, 9.17) is 9.47 Å². The molecule has 2 aromatic rings. The van der Waals surface area contributed by atoms with Crippen molar-refractivity contribution in [3.63, 3.8) is 0 Å². The molecule has 0 amide bonds. The fourth-order valence-corrected chi connectivity index (χ4v) is 4.94. The lowest BCUT2D eigenvalue weighted by atomic mass is 9.79. The summed E-state index contributed by atoms with van der Waals surface area (Å²) in [5.74, 6) is -2.53. The van der Waals surface area contributed by atoms with Crippen LogP contribution in [-0.4, -0.2) is 25.3 Å². The predicted molar refractivity (Wildman–Crippen MR) is 107 cm³/mol. The molecular formula is C24H19F7O3. The van der Waals surface area contributed by atoms with Gasteiger partial charge in [0.2, 0.25) is 0 Å². The summed E-state index contributed by atoms with van der Waals surface area (Å²) in [6, 6.07) is 6.54. The molecule has 10 heteroatoms. The van der Waals surface area contributed by atoms with Crippen LogP contribution in [0.25, 0.3) is 5.57 Å². The zero-order valence-electron chi connectivity index (χ0n) is 17.8. The number of ether oxygens (including phenoxy) is 2. The minimum absolute atomic E-state index is 0.0592. The Morgan fingerprint density at radius 2 is 1.71 bits per heavy atom. The Kier molecular flexibility index (Phi) is 6.00. The van der Waals surface area contributed by atoms with E-state index in [0.717, 1.165) is 0 Å². The highest BCUT2D eigenvalue weighted by Crippen LogP contribution is 2.54. The third kappa shape index (κ3) is 4.31. The highest BCUT2D eigenvalue weighted by atomic mass is 19.4. The summed E-state index contributed by atoms with van der Waals surface area (Å²) in [5, 5.41) is 0. The van der Waals surface area contributed by atoms with Gasteiger partial charge in [-0.25, -0.2) is 4.39 Å². The molecule has 0 N–H and O–H groups in total. The van der Waals surface area contributed by atoms with Crippen LogP contribution in [0.2, 0.25) is 0 Å².